The maximum Gasteiger partial charge on any atom is 0.251 e. The minimum absolute atomic E-state index is 0.0315. The summed E-state index contributed by atoms with van der Waals surface area (Å²) in [4.78, 5) is 51.1. The van der Waals surface area contributed by atoms with Gasteiger partial charge in [-0.2, -0.15) is 0 Å². The van der Waals surface area contributed by atoms with Crippen LogP contribution in [0.15, 0.2) is 42.5 Å². The van der Waals surface area contributed by atoms with Gasteiger partial charge < -0.3 is 20.1 Å². The Morgan fingerprint density at radius 1 is 1.14 bits per heavy atom. The minimum atomic E-state index is -0.166. The lowest BCUT2D eigenvalue weighted by atomic mass is 10.1. The van der Waals surface area contributed by atoms with Gasteiger partial charge in [-0.05, 0) is 75.3 Å². The van der Waals surface area contributed by atoms with Crippen LogP contribution in [0.25, 0.3) is 11.0 Å². The van der Waals surface area contributed by atoms with Crippen LogP contribution in [0.5, 0.6) is 0 Å². The van der Waals surface area contributed by atoms with E-state index >= 15 is 0 Å². The Labute approximate surface area is 210 Å². The number of hydrogen-bond donors (Lipinski definition) is 2. The van der Waals surface area contributed by atoms with Crippen molar-refractivity contribution in [1.82, 2.24) is 20.2 Å². The molecular weight excluding hydrogens is 456 g/mol. The summed E-state index contributed by atoms with van der Waals surface area (Å²) in [5, 5.41) is 2.97. The second-order valence-corrected chi connectivity index (χ2v) is 9.79. The van der Waals surface area contributed by atoms with Crippen molar-refractivity contribution in [2.24, 2.45) is 5.92 Å². The fourth-order valence-electron chi connectivity index (χ4n) is 5.02. The largest absolute Gasteiger partial charge is 0.352 e. The second-order valence-electron chi connectivity index (χ2n) is 9.79. The van der Waals surface area contributed by atoms with E-state index < -0.39 is 0 Å². The zero-order valence-electron chi connectivity index (χ0n) is 20.8. The number of imidazole rings is 1. The molecule has 0 aliphatic carbocycles. The van der Waals surface area contributed by atoms with Crippen LogP contribution in [0.2, 0.25) is 0 Å². The highest BCUT2D eigenvalue weighted by Gasteiger charge is 2.31. The first-order chi connectivity index (χ1) is 17.4. The fourth-order valence-corrected chi connectivity index (χ4v) is 5.02. The molecule has 0 spiro atoms. The van der Waals surface area contributed by atoms with Crippen LogP contribution in [0.4, 0.5) is 11.4 Å². The standard InChI is InChI=1S/C27H32N6O3/c1-18-29-23-10-5-20(14-24(23)30-18)27(36)28-15-19-13-25(34)33(16-19)22-8-6-21(7-9-22)31(2)26(35)17-32-11-3-4-12-32/h5-10,14,19H,3-4,11-13,15-17H2,1-2H3,(H,28,36)(H,29,30). The van der Waals surface area contributed by atoms with E-state index in [4.69, 9.17) is 0 Å². The average molecular weight is 489 g/mol. The number of carbonyl (C=O) groups is 3. The number of aromatic amines is 1. The number of nitrogens with one attached hydrogen (secondary N) is 2. The van der Waals surface area contributed by atoms with Crippen LogP contribution >= 0.6 is 0 Å². The maximum absolute atomic E-state index is 12.7. The van der Waals surface area contributed by atoms with Gasteiger partial charge in [-0.3, -0.25) is 19.3 Å². The highest BCUT2D eigenvalue weighted by molar-refractivity contribution is 5.99. The SMILES string of the molecule is Cc1nc2ccc(C(=O)NCC3CC(=O)N(c4ccc(N(C)C(=O)CN5CCCC5)cc4)C3)cc2[nH]1. The molecule has 1 atom stereocenters. The van der Waals surface area contributed by atoms with E-state index in [0.717, 1.165) is 54.2 Å². The zero-order valence-corrected chi connectivity index (χ0v) is 20.8. The zero-order chi connectivity index (χ0) is 25.2. The van der Waals surface area contributed by atoms with Crippen molar-refractivity contribution >= 4 is 40.1 Å². The Hall–Kier alpha value is -3.72. The summed E-state index contributed by atoms with van der Waals surface area (Å²) in [6.07, 6.45) is 2.69. The summed E-state index contributed by atoms with van der Waals surface area (Å²) in [6.45, 7) is 5.25. The van der Waals surface area contributed by atoms with Gasteiger partial charge in [-0.25, -0.2) is 4.98 Å². The number of hydrogen-bond acceptors (Lipinski definition) is 5. The van der Waals surface area contributed by atoms with Gasteiger partial charge >= 0.3 is 0 Å². The van der Waals surface area contributed by atoms with E-state index in [-0.39, 0.29) is 23.6 Å². The van der Waals surface area contributed by atoms with Crippen molar-refractivity contribution in [3.8, 4) is 0 Å². The Balaban J connectivity index is 1.15. The number of likely N-dealkylation sites (N-methyl/N-ethyl adjacent to an activating group) is 1. The van der Waals surface area contributed by atoms with Gasteiger partial charge in [0.2, 0.25) is 11.8 Å². The third-order valence-electron chi connectivity index (χ3n) is 7.10. The van der Waals surface area contributed by atoms with E-state index in [1.54, 1.807) is 29.0 Å². The molecular formula is C27H32N6O3. The lowest BCUT2D eigenvalue weighted by Crippen LogP contribution is -2.37. The third-order valence-corrected chi connectivity index (χ3v) is 7.10. The summed E-state index contributed by atoms with van der Waals surface area (Å²) in [5.74, 6) is 0.778. The molecule has 36 heavy (non-hydrogen) atoms. The summed E-state index contributed by atoms with van der Waals surface area (Å²) < 4.78 is 0. The van der Waals surface area contributed by atoms with Gasteiger partial charge in [0.1, 0.15) is 5.82 Å². The van der Waals surface area contributed by atoms with Crippen molar-refractivity contribution in [1.29, 1.82) is 0 Å². The predicted octanol–water partition coefficient (Wildman–Crippen LogP) is 2.71. The lowest BCUT2D eigenvalue weighted by molar-refractivity contribution is -0.119. The number of amides is 3. The van der Waals surface area contributed by atoms with Crippen LogP contribution in [0.3, 0.4) is 0 Å². The molecule has 2 aromatic carbocycles. The number of likely N-dealkylation sites (tertiary alicyclic amines) is 1. The number of anilines is 2. The topological polar surface area (TPSA) is 102 Å². The summed E-state index contributed by atoms with van der Waals surface area (Å²) >= 11 is 0. The second kappa shape index (κ2) is 10.1. The molecule has 2 fully saturated rings. The average Bonchev–Trinajstić information content (AvgIpc) is 3.61. The summed E-state index contributed by atoms with van der Waals surface area (Å²) in [5.41, 5.74) is 3.83. The number of fused-ring (bicyclic) bond motifs is 1. The fraction of sp³-hybridized carbons (Fsp3) is 0.407. The Morgan fingerprint density at radius 3 is 2.64 bits per heavy atom. The molecule has 3 heterocycles. The van der Waals surface area contributed by atoms with Crippen LogP contribution in [0.1, 0.15) is 35.4 Å². The van der Waals surface area contributed by atoms with Gasteiger partial charge in [-0.1, -0.05) is 0 Å². The molecule has 188 valence electrons. The molecule has 9 heteroatoms. The first-order valence-corrected chi connectivity index (χ1v) is 12.5. The smallest absolute Gasteiger partial charge is 0.251 e. The van der Waals surface area contributed by atoms with Crippen molar-refractivity contribution in [2.45, 2.75) is 26.2 Å². The first kappa shape index (κ1) is 24.0. The molecule has 1 aromatic heterocycles. The molecule has 0 bridgehead atoms. The van der Waals surface area contributed by atoms with Gasteiger partial charge in [0.15, 0.2) is 0 Å². The lowest BCUT2D eigenvalue weighted by Gasteiger charge is -2.22. The Bertz CT molecular complexity index is 1280. The predicted molar refractivity (Wildman–Crippen MR) is 139 cm³/mol. The molecule has 3 aromatic rings. The van der Waals surface area contributed by atoms with Gasteiger partial charge in [0.05, 0.1) is 17.6 Å². The molecule has 9 nitrogen and oxygen atoms in total. The van der Waals surface area contributed by atoms with Crippen LogP contribution in [0, 0.1) is 12.8 Å². The van der Waals surface area contributed by atoms with Crippen molar-refractivity contribution < 1.29 is 14.4 Å². The minimum Gasteiger partial charge on any atom is -0.352 e. The summed E-state index contributed by atoms with van der Waals surface area (Å²) in [7, 11) is 1.79. The number of nitrogens with zero attached hydrogens (tertiary/aromatic N) is 4. The number of rotatable bonds is 7. The van der Waals surface area contributed by atoms with E-state index in [9.17, 15) is 14.4 Å². The molecule has 2 saturated heterocycles. The van der Waals surface area contributed by atoms with Crippen LogP contribution < -0.4 is 15.1 Å². The molecule has 0 saturated carbocycles. The molecule has 5 rings (SSSR count). The van der Waals surface area contributed by atoms with Crippen molar-refractivity contribution in [2.75, 3.05) is 49.6 Å². The van der Waals surface area contributed by atoms with E-state index in [1.807, 2.05) is 37.3 Å². The van der Waals surface area contributed by atoms with Gasteiger partial charge in [0.25, 0.3) is 5.91 Å². The maximum atomic E-state index is 12.7. The first-order valence-electron chi connectivity index (χ1n) is 12.5. The normalized spacial score (nSPS) is 18.2. The Kier molecular flexibility index (Phi) is 6.73. The van der Waals surface area contributed by atoms with Crippen molar-refractivity contribution in [3.63, 3.8) is 0 Å². The van der Waals surface area contributed by atoms with Crippen LogP contribution in [-0.2, 0) is 9.59 Å². The number of carbonyl (C=O) groups excluding carboxylic acids is 3. The highest BCUT2D eigenvalue weighted by Crippen LogP contribution is 2.27. The molecule has 3 amide bonds. The molecule has 2 N–H and O–H groups in total. The van der Waals surface area contributed by atoms with Crippen molar-refractivity contribution in [3.05, 3.63) is 53.9 Å². The van der Waals surface area contributed by atoms with Gasteiger partial charge in [0, 0.05) is 49.4 Å². The number of aryl methyl sites for hydroxylation is 1. The number of benzene rings is 2. The molecule has 0 radical (unpaired) electrons. The summed E-state index contributed by atoms with van der Waals surface area (Å²) in [6, 6.07) is 12.9. The number of aromatic nitrogens is 2. The Morgan fingerprint density at radius 2 is 1.89 bits per heavy atom. The molecule has 1 unspecified atom stereocenters. The molecule has 2 aliphatic rings. The molecule has 2 aliphatic heterocycles. The quantitative estimate of drug-likeness (QED) is 0.533. The van der Waals surface area contributed by atoms with E-state index in [2.05, 4.69) is 20.2 Å². The third kappa shape index (κ3) is 5.11. The highest BCUT2D eigenvalue weighted by atomic mass is 16.2. The monoisotopic (exact) mass is 488 g/mol. The van der Waals surface area contributed by atoms with E-state index in [1.165, 1.54) is 0 Å². The van der Waals surface area contributed by atoms with E-state index in [0.29, 0.717) is 31.6 Å². The van der Waals surface area contributed by atoms with Gasteiger partial charge in [-0.15, -0.1) is 0 Å². The van der Waals surface area contributed by atoms with Crippen LogP contribution in [-0.4, -0.2) is 72.4 Å². The number of H-pyrrole nitrogens is 1.